The number of carbonyl (C=O) groups excluding carboxylic acids is 1. The second-order valence-electron chi connectivity index (χ2n) is 6.42. The summed E-state index contributed by atoms with van der Waals surface area (Å²) in [6.07, 6.45) is 6.32. The minimum absolute atomic E-state index is 0.0102. The van der Waals surface area contributed by atoms with Gasteiger partial charge in [-0.25, -0.2) is 4.79 Å². The number of hydrogen-bond donors (Lipinski definition) is 2. The van der Waals surface area contributed by atoms with Crippen LogP contribution in [0, 0.1) is 0 Å². The van der Waals surface area contributed by atoms with E-state index < -0.39 is 11.2 Å². The number of hydrogen-bond acceptors (Lipinski definition) is 5. The fraction of sp³-hybridized carbons (Fsp3) is 0.421. The van der Waals surface area contributed by atoms with Crippen LogP contribution < -0.4 is 22.3 Å². The van der Waals surface area contributed by atoms with Crippen LogP contribution in [0.1, 0.15) is 45.6 Å². The van der Waals surface area contributed by atoms with Crippen molar-refractivity contribution in [3.05, 3.63) is 50.6 Å². The third kappa shape index (κ3) is 4.78. The predicted molar refractivity (Wildman–Crippen MR) is 106 cm³/mol. The standard InChI is InChI=1S/C19H26N4O4/c1-4-7-22-17(20)16(18(25)23(8-5-2)19(22)26)21-15(24)11-13(3)10-14-6-9-27-12-14/h6,9-10,12H,4-5,7-8,11,20H2,1-3H3,(H,21,24)/b13-10+. The van der Waals surface area contributed by atoms with Gasteiger partial charge in [-0.15, -0.1) is 0 Å². The van der Waals surface area contributed by atoms with E-state index in [-0.39, 0.29) is 30.4 Å². The van der Waals surface area contributed by atoms with E-state index in [0.717, 1.165) is 15.7 Å². The Bertz CT molecular complexity index is 936. The summed E-state index contributed by atoms with van der Waals surface area (Å²) in [6.45, 7) is 6.22. The van der Waals surface area contributed by atoms with Crippen LogP contribution in [0.4, 0.5) is 11.5 Å². The number of rotatable bonds is 8. The molecule has 0 saturated carbocycles. The molecular formula is C19H26N4O4. The summed E-state index contributed by atoms with van der Waals surface area (Å²) in [5.41, 5.74) is 6.61. The first-order chi connectivity index (χ1) is 12.9. The Hall–Kier alpha value is -3.03. The van der Waals surface area contributed by atoms with E-state index >= 15 is 0 Å². The first-order valence-electron chi connectivity index (χ1n) is 9.01. The summed E-state index contributed by atoms with van der Waals surface area (Å²) in [6, 6.07) is 1.78. The highest BCUT2D eigenvalue weighted by Gasteiger charge is 2.18. The van der Waals surface area contributed by atoms with Gasteiger partial charge in [0.15, 0.2) is 0 Å². The van der Waals surface area contributed by atoms with Gasteiger partial charge in [0.05, 0.1) is 12.5 Å². The molecule has 0 bridgehead atoms. The zero-order valence-corrected chi connectivity index (χ0v) is 15.9. The molecule has 0 fully saturated rings. The van der Waals surface area contributed by atoms with Crippen molar-refractivity contribution in [3.8, 4) is 0 Å². The van der Waals surface area contributed by atoms with Crippen molar-refractivity contribution in [2.24, 2.45) is 0 Å². The molecule has 0 spiro atoms. The number of nitrogens with one attached hydrogen (secondary N) is 1. The molecule has 2 rings (SSSR count). The van der Waals surface area contributed by atoms with Crippen molar-refractivity contribution in [2.75, 3.05) is 11.1 Å². The quantitative estimate of drug-likeness (QED) is 0.737. The number of amides is 1. The molecule has 1 amide bonds. The Labute approximate surface area is 157 Å². The molecule has 8 heteroatoms. The van der Waals surface area contributed by atoms with Gasteiger partial charge in [0.25, 0.3) is 5.56 Å². The normalized spacial score (nSPS) is 11.6. The highest BCUT2D eigenvalue weighted by molar-refractivity contribution is 5.94. The molecule has 3 N–H and O–H groups in total. The molecule has 0 saturated heterocycles. The Morgan fingerprint density at radius 3 is 2.48 bits per heavy atom. The number of carbonyl (C=O) groups is 1. The highest BCUT2D eigenvalue weighted by atomic mass is 16.3. The zero-order chi connectivity index (χ0) is 20.0. The van der Waals surface area contributed by atoms with Crippen molar-refractivity contribution in [1.29, 1.82) is 0 Å². The Kier molecular flexibility index (Phi) is 6.81. The maximum Gasteiger partial charge on any atom is 0.332 e. The van der Waals surface area contributed by atoms with Gasteiger partial charge < -0.3 is 15.5 Å². The van der Waals surface area contributed by atoms with Crippen molar-refractivity contribution in [1.82, 2.24) is 9.13 Å². The number of nitrogens with zero attached hydrogens (tertiary/aromatic N) is 2. The van der Waals surface area contributed by atoms with Crippen LogP contribution in [-0.2, 0) is 17.9 Å². The van der Waals surface area contributed by atoms with E-state index in [4.69, 9.17) is 10.2 Å². The van der Waals surface area contributed by atoms with Gasteiger partial charge >= 0.3 is 5.69 Å². The lowest BCUT2D eigenvalue weighted by Gasteiger charge is -2.16. The van der Waals surface area contributed by atoms with Crippen LogP contribution in [0.2, 0.25) is 0 Å². The van der Waals surface area contributed by atoms with Gasteiger partial charge in [0, 0.05) is 25.1 Å². The SMILES string of the molecule is CCCn1c(N)c(NC(=O)C/C(C)=C/c2ccoc2)c(=O)n(CCC)c1=O. The topological polar surface area (TPSA) is 112 Å². The third-order valence-corrected chi connectivity index (χ3v) is 4.02. The molecule has 2 aromatic heterocycles. The van der Waals surface area contributed by atoms with Crippen molar-refractivity contribution in [2.45, 2.75) is 53.1 Å². The molecule has 0 aliphatic rings. The van der Waals surface area contributed by atoms with E-state index in [1.807, 2.05) is 26.8 Å². The van der Waals surface area contributed by atoms with Crippen LogP contribution >= 0.6 is 0 Å². The molecule has 2 heterocycles. The minimum Gasteiger partial charge on any atom is -0.472 e. The fourth-order valence-corrected chi connectivity index (χ4v) is 2.82. The summed E-state index contributed by atoms with van der Waals surface area (Å²) in [7, 11) is 0. The predicted octanol–water partition coefficient (Wildman–Crippen LogP) is 2.44. The first kappa shape index (κ1) is 20.3. The van der Waals surface area contributed by atoms with Gasteiger partial charge in [0.1, 0.15) is 11.5 Å². The lowest BCUT2D eigenvalue weighted by atomic mass is 10.1. The first-order valence-corrected chi connectivity index (χ1v) is 9.01. The van der Waals surface area contributed by atoms with Crippen molar-refractivity contribution >= 4 is 23.5 Å². The Morgan fingerprint density at radius 1 is 1.22 bits per heavy atom. The summed E-state index contributed by atoms with van der Waals surface area (Å²) >= 11 is 0. The smallest absolute Gasteiger partial charge is 0.332 e. The lowest BCUT2D eigenvalue weighted by molar-refractivity contribution is -0.115. The van der Waals surface area contributed by atoms with Crippen LogP contribution in [0.3, 0.4) is 0 Å². The second-order valence-corrected chi connectivity index (χ2v) is 6.42. The summed E-state index contributed by atoms with van der Waals surface area (Å²) < 4.78 is 7.45. The molecule has 146 valence electrons. The van der Waals surface area contributed by atoms with Crippen molar-refractivity contribution < 1.29 is 9.21 Å². The molecule has 0 atom stereocenters. The number of nitrogen functional groups attached to an aromatic ring is 1. The van der Waals surface area contributed by atoms with E-state index in [1.54, 1.807) is 18.6 Å². The number of anilines is 2. The summed E-state index contributed by atoms with van der Waals surface area (Å²) in [5, 5.41) is 2.59. The lowest BCUT2D eigenvalue weighted by Crippen LogP contribution is -2.42. The van der Waals surface area contributed by atoms with Gasteiger partial charge in [-0.3, -0.25) is 18.7 Å². The molecule has 0 unspecified atom stereocenters. The van der Waals surface area contributed by atoms with Crippen LogP contribution in [0.25, 0.3) is 6.08 Å². The van der Waals surface area contributed by atoms with Crippen molar-refractivity contribution in [3.63, 3.8) is 0 Å². The minimum atomic E-state index is -0.573. The number of aromatic nitrogens is 2. The van der Waals surface area contributed by atoms with E-state index in [0.29, 0.717) is 19.4 Å². The van der Waals surface area contributed by atoms with Gasteiger partial charge in [-0.1, -0.05) is 25.5 Å². The molecule has 27 heavy (non-hydrogen) atoms. The monoisotopic (exact) mass is 374 g/mol. The van der Waals surface area contributed by atoms with Gasteiger partial charge in [-0.2, -0.15) is 0 Å². The van der Waals surface area contributed by atoms with E-state index in [9.17, 15) is 14.4 Å². The summed E-state index contributed by atoms with van der Waals surface area (Å²) in [4.78, 5) is 37.6. The van der Waals surface area contributed by atoms with E-state index in [2.05, 4.69) is 5.32 Å². The van der Waals surface area contributed by atoms with Crippen LogP contribution in [-0.4, -0.2) is 15.0 Å². The Balaban J connectivity index is 2.32. The van der Waals surface area contributed by atoms with Gasteiger partial charge in [0.2, 0.25) is 5.91 Å². The summed E-state index contributed by atoms with van der Waals surface area (Å²) in [5.74, 6) is -0.384. The Morgan fingerprint density at radius 2 is 1.89 bits per heavy atom. The molecule has 0 aliphatic heterocycles. The molecular weight excluding hydrogens is 348 g/mol. The molecule has 0 radical (unpaired) electrons. The number of nitrogens with two attached hydrogens (primary N) is 1. The van der Waals surface area contributed by atoms with Gasteiger partial charge in [-0.05, 0) is 25.8 Å². The molecule has 2 aromatic rings. The molecule has 0 aliphatic carbocycles. The largest absolute Gasteiger partial charge is 0.472 e. The number of furan rings is 1. The fourth-order valence-electron chi connectivity index (χ4n) is 2.82. The maximum absolute atomic E-state index is 12.7. The average Bonchev–Trinajstić information content (AvgIpc) is 3.12. The van der Waals surface area contributed by atoms with Crippen LogP contribution in [0.5, 0.6) is 0 Å². The van der Waals surface area contributed by atoms with Crippen LogP contribution in [0.15, 0.2) is 38.2 Å². The maximum atomic E-state index is 12.7. The third-order valence-electron chi connectivity index (χ3n) is 4.02. The van der Waals surface area contributed by atoms with E-state index in [1.165, 1.54) is 4.57 Å². The average molecular weight is 374 g/mol. The second kappa shape index (κ2) is 9.07. The molecule has 0 aromatic carbocycles. The molecule has 8 nitrogen and oxygen atoms in total. The highest BCUT2D eigenvalue weighted by Crippen LogP contribution is 2.15. The zero-order valence-electron chi connectivity index (χ0n) is 15.9.